The van der Waals surface area contributed by atoms with E-state index in [9.17, 15) is 23.6 Å². The van der Waals surface area contributed by atoms with E-state index >= 15 is 0 Å². The molecule has 2 heterocycles. The first kappa shape index (κ1) is 25.2. The molecule has 3 fully saturated rings. The van der Waals surface area contributed by atoms with Crippen molar-refractivity contribution in [2.45, 2.75) is 56.7 Å². The van der Waals surface area contributed by atoms with Gasteiger partial charge in [0.25, 0.3) is 0 Å². The number of nitrogens with zero attached hydrogens (tertiary/aromatic N) is 3. The molecule has 2 atom stereocenters. The van der Waals surface area contributed by atoms with Gasteiger partial charge >= 0.3 is 12.1 Å². The molecule has 2 saturated heterocycles. The number of nitrogens with one attached hydrogen (secondary N) is 1. The zero-order valence-corrected chi connectivity index (χ0v) is 20.7. The molecular weight excluding hydrogens is 478 g/mol. The van der Waals surface area contributed by atoms with Gasteiger partial charge in [0.1, 0.15) is 12.1 Å². The van der Waals surface area contributed by atoms with Crippen LogP contribution < -0.4 is 5.32 Å². The maximum Gasteiger partial charge on any atom is 0.419 e. The number of hydrogen-bond acceptors (Lipinski definition) is 5. The maximum absolute atomic E-state index is 13.8. The second-order valence-electron chi connectivity index (χ2n) is 10.3. The van der Waals surface area contributed by atoms with Gasteiger partial charge in [-0.1, -0.05) is 24.3 Å². The van der Waals surface area contributed by atoms with Gasteiger partial charge in [0, 0.05) is 31.6 Å². The van der Waals surface area contributed by atoms with E-state index in [0.29, 0.717) is 24.1 Å². The molecule has 5 rings (SSSR count). The smallest absolute Gasteiger partial charge is 0.419 e. The van der Waals surface area contributed by atoms with E-state index in [4.69, 9.17) is 4.74 Å². The normalized spacial score (nSPS) is 26.3. The first-order valence-corrected chi connectivity index (χ1v) is 12.8. The van der Waals surface area contributed by atoms with Crippen molar-refractivity contribution >= 4 is 12.1 Å². The quantitative estimate of drug-likeness (QED) is 0.608. The summed E-state index contributed by atoms with van der Waals surface area (Å²) in [6, 6.07) is 12.6. The van der Waals surface area contributed by atoms with Gasteiger partial charge in [-0.05, 0) is 67.9 Å². The third kappa shape index (κ3) is 5.03. The minimum Gasteiger partial charge on any atom is -0.443 e. The highest BCUT2D eigenvalue weighted by Gasteiger charge is 2.45. The second kappa shape index (κ2) is 10.5. The van der Waals surface area contributed by atoms with Crippen LogP contribution in [0.4, 0.5) is 18.4 Å². The molecule has 7 nitrogen and oxygen atoms in total. The fraction of sp³-hybridized carbons (Fsp3) is 0.464. The fourth-order valence-electron chi connectivity index (χ4n) is 5.99. The van der Waals surface area contributed by atoms with E-state index in [1.165, 1.54) is 6.07 Å². The monoisotopic (exact) mass is 508 g/mol. The lowest BCUT2D eigenvalue weighted by atomic mass is 9.78. The highest BCUT2D eigenvalue weighted by Crippen LogP contribution is 2.38. The van der Waals surface area contributed by atoms with Crippen LogP contribution in [0, 0.1) is 28.9 Å². The third-order valence-corrected chi connectivity index (χ3v) is 7.97. The largest absolute Gasteiger partial charge is 0.443 e. The lowest BCUT2D eigenvalue weighted by Gasteiger charge is -2.47. The SMILES string of the molecule is C[C@@H]1OC(=O)N(C(=O)NCC2CN(C3CCC(c4ccccc4C#N)CC3)C2)C1c1ccc(F)c(F)c1. The standard InChI is InChI=1S/C28H30F2N4O3/c1-17-26(20-8-11-24(29)25(30)12-20)34(28(36)37-17)27(35)32-14-18-15-33(16-18)22-9-6-19(7-10-22)23-5-3-2-4-21(23)13-31/h2-5,8,11-12,17-19,22,26H,6-7,9-10,14-16H2,1H3,(H,32,35)/t17-,19?,22?,26?/m0/s1. The molecule has 0 bridgehead atoms. The Labute approximate surface area is 215 Å². The van der Waals surface area contributed by atoms with Gasteiger partial charge in [-0.3, -0.25) is 4.90 Å². The number of carbonyl (C=O) groups excluding carboxylic acids is 2. The molecular formula is C28H30F2N4O3. The number of likely N-dealkylation sites (tertiary alicyclic amines) is 1. The van der Waals surface area contributed by atoms with Crippen molar-refractivity contribution in [1.29, 1.82) is 5.26 Å². The van der Waals surface area contributed by atoms with Crippen LogP contribution in [0.5, 0.6) is 0 Å². The van der Waals surface area contributed by atoms with Crippen molar-refractivity contribution in [3.63, 3.8) is 0 Å². The number of benzene rings is 2. The zero-order chi connectivity index (χ0) is 26.1. The van der Waals surface area contributed by atoms with Gasteiger partial charge in [-0.2, -0.15) is 5.26 Å². The summed E-state index contributed by atoms with van der Waals surface area (Å²) in [5.74, 6) is -1.33. The summed E-state index contributed by atoms with van der Waals surface area (Å²) in [6.07, 6.45) is 2.79. The second-order valence-corrected chi connectivity index (χ2v) is 10.3. The van der Waals surface area contributed by atoms with Gasteiger partial charge in [0.2, 0.25) is 0 Å². The Morgan fingerprint density at radius 1 is 1.11 bits per heavy atom. The fourth-order valence-corrected chi connectivity index (χ4v) is 5.99. The molecule has 0 radical (unpaired) electrons. The van der Waals surface area contributed by atoms with Gasteiger partial charge < -0.3 is 10.1 Å². The molecule has 2 aromatic carbocycles. The summed E-state index contributed by atoms with van der Waals surface area (Å²) < 4.78 is 32.4. The first-order chi connectivity index (χ1) is 17.9. The van der Waals surface area contributed by atoms with Gasteiger partial charge in [-0.25, -0.2) is 23.3 Å². The minimum absolute atomic E-state index is 0.277. The first-order valence-electron chi connectivity index (χ1n) is 12.8. The number of halogens is 2. The van der Waals surface area contributed by atoms with Crippen molar-refractivity contribution in [3.8, 4) is 6.07 Å². The Morgan fingerprint density at radius 3 is 2.54 bits per heavy atom. The summed E-state index contributed by atoms with van der Waals surface area (Å²) in [4.78, 5) is 28.7. The third-order valence-electron chi connectivity index (χ3n) is 7.97. The van der Waals surface area contributed by atoms with Crippen molar-refractivity contribution in [2.24, 2.45) is 5.92 Å². The number of urea groups is 1. The van der Waals surface area contributed by atoms with Crippen molar-refractivity contribution in [2.75, 3.05) is 19.6 Å². The van der Waals surface area contributed by atoms with Crippen LogP contribution in [-0.4, -0.2) is 53.7 Å². The lowest BCUT2D eigenvalue weighted by molar-refractivity contribution is 0.0334. The molecule has 1 aliphatic carbocycles. The Kier molecular flexibility index (Phi) is 7.11. The molecule has 0 spiro atoms. The number of amides is 3. The number of carbonyl (C=O) groups is 2. The predicted molar refractivity (Wildman–Crippen MR) is 131 cm³/mol. The average Bonchev–Trinajstić information content (AvgIpc) is 3.18. The average molecular weight is 509 g/mol. The molecule has 3 aliphatic rings. The van der Waals surface area contributed by atoms with Crippen LogP contribution in [0.15, 0.2) is 42.5 Å². The topological polar surface area (TPSA) is 85.7 Å². The van der Waals surface area contributed by atoms with Crippen LogP contribution in [-0.2, 0) is 4.74 Å². The van der Waals surface area contributed by atoms with Crippen LogP contribution in [0.3, 0.4) is 0 Å². The molecule has 37 heavy (non-hydrogen) atoms. The summed E-state index contributed by atoms with van der Waals surface area (Å²) in [6.45, 7) is 3.78. The van der Waals surface area contributed by atoms with Crippen LogP contribution in [0.2, 0.25) is 0 Å². The zero-order valence-electron chi connectivity index (χ0n) is 20.7. The van der Waals surface area contributed by atoms with Gasteiger partial charge in [-0.15, -0.1) is 0 Å². The molecule has 194 valence electrons. The summed E-state index contributed by atoms with van der Waals surface area (Å²) in [5, 5.41) is 12.2. The maximum atomic E-state index is 13.8. The summed E-state index contributed by atoms with van der Waals surface area (Å²) >= 11 is 0. The molecule has 1 N–H and O–H groups in total. The summed E-state index contributed by atoms with van der Waals surface area (Å²) in [7, 11) is 0. The highest BCUT2D eigenvalue weighted by molar-refractivity contribution is 5.93. The molecule has 0 aromatic heterocycles. The Hall–Kier alpha value is -3.51. The molecule has 3 amide bonds. The van der Waals surface area contributed by atoms with Gasteiger partial charge in [0.05, 0.1) is 11.6 Å². The van der Waals surface area contributed by atoms with Gasteiger partial charge in [0.15, 0.2) is 11.6 Å². The van der Waals surface area contributed by atoms with E-state index in [0.717, 1.165) is 66.9 Å². The number of ether oxygens (including phenoxy) is 1. The van der Waals surface area contributed by atoms with Crippen molar-refractivity contribution in [3.05, 3.63) is 70.8 Å². The van der Waals surface area contributed by atoms with E-state index in [2.05, 4.69) is 22.4 Å². The predicted octanol–water partition coefficient (Wildman–Crippen LogP) is 5.09. The Balaban J connectivity index is 1.10. The van der Waals surface area contributed by atoms with E-state index in [1.807, 2.05) is 18.2 Å². The lowest BCUT2D eigenvalue weighted by Crippen LogP contribution is -2.56. The van der Waals surface area contributed by atoms with E-state index in [1.54, 1.807) is 6.92 Å². The van der Waals surface area contributed by atoms with Crippen molar-refractivity contribution < 1.29 is 23.1 Å². The van der Waals surface area contributed by atoms with Crippen molar-refractivity contribution in [1.82, 2.24) is 15.1 Å². The summed E-state index contributed by atoms with van der Waals surface area (Å²) in [5.41, 5.74) is 2.23. The number of imide groups is 1. The minimum atomic E-state index is -1.04. The molecule has 1 saturated carbocycles. The number of nitriles is 1. The molecule has 2 aromatic rings. The number of hydrogen-bond donors (Lipinski definition) is 1. The van der Waals surface area contributed by atoms with Crippen LogP contribution in [0.25, 0.3) is 0 Å². The van der Waals surface area contributed by atoms with Crippen LogP contribution >= 0.6 is 0 Å². The van der Waals surface area contributed by atoms with E-state index < -0.39 is 35.9 Å². The van der Waals surface area contributed by atoms with Crippen LogP contribution in [0.1, 0.15) is 61.3 Å². The number of cyclic esters (lactones) is 1. The number of rotatable bonds is 5. The Morgan fingerprint density at radius 2 is 1.84 bits per heavy atom. The Bertz CT molecular complexity index is 1220. The molecule has 2 aliphatic heterocycles. The molecule has 9 heteroatoms. The highest BCUT2D eigenvalue weighted by atomic mass is 19.2. The molecule has 1 unspecified atom stereocenters. The van der Waals surface area contributed by atoms with E-state index in [-0.39, 0.29) is 5.92 Å².